The second kappa shape index (κ2) is 5.16. The van der Waals surface area contributed by atoms with Gasteiger partial charge in [-0.15, -0.1) is 0 Å². The first kappa shape index (κ1) is 13.0. The molecule has 0 radical (unpaired) electrons. The number of para-hydroxylation sites is 1. The summed E-state index contributed by atoms with van der Waals surface area (Å²) < 4.78 is 11.6. The monoisotopic (exact) mass is 279 g/mol. The molecule has 0 bridgehead atoms. The molecular formula is C15H18ClNO2. The Morgan fingerprint density at radius 3 is 2.89 bits per heavy atom. The SMILES string of the molecule is CNC(c1cc2cccc(Cl)c2o1)C1COC(C)C1. The summed E-state index contributed by atoms with van der Waals surface area (Å²) in [6.45, 7) is 2.89. The predicted octanol–water partition coefficient (Wildman–Crippen LogP) is 3.77. The van der Waals surface area contributed by atoms with Gasteiger partial charge in [-0.1, -0.05) is 23.7 Å². The molecule has 1 aromatic heterocycles. The normalized spacial score (nSPS) is 25.0. The predicted molar refractivity (Wildman–Crippen MR) is 76.5 cm³/mol. The van der Waals surface area contributed by atoms with Crippen molar-refractivity contribution in [2.75, 3.05) is 13.7 Å². The van der Waals surface area contributed by atoms with Crippen molar-refractivity contribution >= 4 is 22.6 Å². The largest absolute Gasteiger partial charge is 0.458 e. The zero-order chi connectivity index (χ0) is 13.4. The van der Waals surface area contributed by atoms with Crippen LogP contribution < -0.4 is 5.32 Å². The van der Waals surface area contributed by atoms with Gasteiger partial charge in [0, 0.05) is 11.3 Å². The molecule has 1 aliphatic heterocycles. The third-order valence-corrected chi connectivity index (χ3v) is 4.13. The number of furan rings is 1. The number of halogens is 1. The topological polar surface area (TPSA) is 34.4 Å². The van der Waals surface area contributed by atoms with Gasteiger partial charge in [0.25, 0.3) is 0 Å². The first-order chi connectivity index (χ1) is 9.19. The summed E-state index contributed by atoms with van der Waals surface area (Å²) in [4.78, 5) is 0. The lowest BCUT2D eigenvalue weighted by Crippen LogP contribution is -2.25. The van der Waals surface area contributed by atoms with Gasteiger partial charge in [-0.2, -0.15) is 0 Å². The molecule has 102 valence electrons. The molecule has 0 amide bonds. The summed E-state index contributed by atoms with van der Waals surface area (Å²) in [5, 5.41) is 5.06. The maximum Gasteiger partial charge on any atom is 0.152 e. The van der Waals surface area contributed by atoms with Crippen LogP contribution in [0.15, 0.2) is 28.7 Å². The molecule has 0 aliphatic carbocycles. The fourth-order valence-corrected chi connectivity index (χ4v) is 3.11. The van der Waals surface area contributed by atoms with Gasteiger partial charge in [-0.05, 0) is 32.5 Å². The first-order valence-corrected chi connectivity index (χ1v) is 7.03. The molecule has 4 heteroatoms. The number of hydrogen-bond donors (Lipinski definition) is 1. The molecule has 19 heavy (non-hydrogen) atoms. The molecule has 1 N–H and O–H groups in total. The lowest BCUT2D eigenvalue weighted by Gasteiger charge is -2.19. The van der Waals surface area contributed by atoms with Crippen LogP contribution in [-0.4, -0.2) is 19.8 Å². The van der Waals surface area contributed by atoms with E-state index in [1.165, 1.54) is 0 Å². The van der Waals surface area contributed by atoms with E-state index in [-0.39, 0.29) is 6.04 Å². The van der Waals surface area contributed by atoms with Gasteiger partial charge in [-0.25, -0.2) is 0 Å². The second-order valence-electron chi connectivity index (χ2n) is 5.21. The van der Waals surface area contributed by atoms with Crippen LogP contribution in [0.3, 0.4) is 0 Å². The summed E-state index contributed by atoms with van der Waals surface area (Å²) in [6, 6.07) is 8.07. The van der Waals surface area contributed by atoms with Crippen molar-refractivity contribution in [2.24, 2.45) is 5.92 Å². The molecule has 0 saturated carbocycles. The molecule has 1 aromatic carbocycles. The Bertz CT molecular complexity index is 581. The summed E-state index contributed by atoms with van der Waals surface area (Å²) in [6.07, 6.45) is 1.38. The maximum absolute atomic E-state index is 6.16. The molecule has 3 nitrogen and oxygen atoms in total. The lowest BCUT2D eigenvalue weighted by molar-refractivity contribution is 0.116. The summed E-state index contributed by atoms with van der Waals surface area (Å²) >= 11 is 6.16. The standard InChI is InChI=1S/C15H18ClNO2/c1-9-6-11(8-18-9)14(17-2)13-7-10-4-3-5-12(16)15(10)19-13/h3-5,7,9,11,14,17H,6,8H2,1-2H3. The Balaban J connectivity index is 1.95. The van der Waals surface area contributed by atoms with E-state index < -0.39 is 0 Å². The molecule has 3 rings (SSSR count). The number of nitrogens with one attached hydrogen (secondary N) is 1. The van der Waals surface area contributed by atoms with Crippen molar-refractivity contribution in [3.63, 3.8) is 0 Å². The second-order valence-corrected chi connectivity index (χ2v) is 5.62. The van der Waals surface area contributed by atoms with Crippen molar-refractivity contribution in [1.82, 2.24) is 5.32 Å². The Morgan fingerprint density at radius 2 is 2.26 bits per heavy atom. The van der Waals surface area contributed by atoms with Crippen molar-refractivity contribution in [2.45, 2.75) is 25.5 Å². The minimum Gasteiger partial charge on any atom is -0.458 e. The van der Waals surface area contributed by atoms with E-state index in [0.717, 1.165) is 29.8 Å². The smallest absolute Gasteiger partial charge is 0.152 e. The van der Waals surface area contributed by atoms with Gasteiger partial charge < -0.3 is 14.5 Å². The highest BCUT2D eigenvalue weighted by atomic mass is 35.5. The minimum atomic E-state index is 0.174. The lowest BCUT2D eigenvalue weighted by atomic mass is 9.95. The molecule has 1 fully saturated rings. The molecule has 0 spiro atoms. The van der Waals surface area contributed by atoms with E-state index in [1.54, 1.807) is 0 Å². The molecule has 3 atom stereocenters. The van der Waals surface area contributed by atoms with Crippen LogP contribution >= 0.6 is 11.6 Å². The van der Waals surface area contributed by atoms with Crippen LogP contribution in [-0.2, 0) is 4.74 Å². The third kappa shape index (κ3) is 2.38. The highest BCUT2D eigenvalue weighted by Crippen LogP contribution is 2.35. The maximum atomic E-state index is 6.16. The van der Waals surface area contributed by atoms with E-state index >= 15 is 0 Å². The van der Waals surface area contributed by atoms with Crippen LogP contribution in [0, 0.1) is 5.92 Å². The number of rotatable bonds is 3. The van der Waals surface area contributed by atoms with Crippen molar-refractivity contribution in [1.29, 1.82) is 0 Å². The fourth-order valence-electron chi connectivity index (χ4n) is 2.89. The van der Waals surface area contributed by atoms with E-state index in [2.05, 4.69) is 18.3 Å². The van der Waals surface area contributed by atoms with Crippen LogP contribution in [0.4, 0.5) is 0 Å². The highest BCUT2D eigenvalue weighted by molar-refractivity contribution is 6.34. The zero-order valence-electron chi connectivity index (χ0n) is 11.2. The Labute approximate surface area is 117 Å². The number of benzene rings is 1. The molecule has 1 saturated heterocycles. The minimum absolute atomic E-state index is 0.174. The van der Waals surface area contributed by atoms with Crippen LogP contribution in [0.25, 0.3) is 11.0 Å². The third-order valence-electron chi connectivity index (χ3n) is 3.83. The van der Waals surface area contributed by atoms with E-state index in [4.69, 9.17) is 20.8 Å². The fraction of sp³-hybridized carbons (Fsp3) is 0.467. The Morgan fingerprint density at radius 1 is 1.42 bits per heavy atom. The number of hydrogen-bond acceptors (Lipinski definition) is 3. The van der Waals surface area contributed by atoms with Crippen molar-refractivity contribution in [3.8, 4) is 0 Å². The van der Waals surface area contributed by atoms with Crippen LogP contribution in [0.5, 0.6) is 0 Å². The zero-order valence-corrected chi connectivity index (χ0v) is 11.9. The van der Waals surface area contributed by atoms with Gasteiger partial charge in [0.1, 0.15) is 5.76 Å². The van der Waals surface area contributed by atoms with Crippen molar-refractivity contribution < 1.29 is 9.15 Å². The quantitative estimate of drug-likeness (QED) is 0.929. The highest BCUT2D eigenvalue weighted by Gasteiger charge is 2.31. The Hall–Kier alpha value is -1.03. The van der Waals surface area contributed by atoms with E-state index in [9.17, 15) is 0 Å². The molecule has 2 aromatic rings. The van der Waals surface area contributed by atoms with Crippen LogP contribution in [0.2, 0.25) is 5.02 Å². The summed E-state index contributed by atoms with van der Waals surface area (Å²) in [5.41, 5.74) is 0.770. The number of fused-ring (bicyclic) bond motifs is 1. The van der Waals surface area contributed by atoms with Gasteiger partial charge in [0.05, 0.1) is 23.8 Å². The van der Waals surface area contributed by atoms with Gasteiger partial charge >= 0.3 is 0 Å². The van der Waals surface area contributed by atoms with Gasteiger partial charge in [0.2, 0.25) is 0 Å². The average molecular weight is 280 g/mol. The molecule has 1 aliphatic rings. The van der Waals surface area contributed by atoms with Gasteiger partial charge in [-0.3, -0.25) is 0 Å². The molecular weight excluding hydrogens is 262 g/mol. The van der Waals surface area contributed by atoms with Crippen molar-refractivity contribution in [3.05, 3.63) is 35.0 Å². The van der Waals surface area contributed by atoms with E-state index in [0.29, 0.717) is 17.0 Å². The summed E-state index contributed by atoms with van der Waals surface area (Å²) in [7, 11) is 1.96. The van der Waals surface area contributed by atoms with Crippen LogP contribution in [0.1, 0.15) is 25.1 Å². The molecule has 3 unspecified atom stereocenters. The first-order valence-electron chi connectivity index (χ1n) is 6.66. The number of ether oxygens (including phenoxy) is 1. The van der Waals surface area contributed by atoms with E-state index in [1.807, 2.05) is 25.2 Å². The van der Waals surface area contributed by atoms with Gasteiger partial charge in [0.15, 0.2) is 5.58 Å². The molecule has 2 heterocycles. The summed E-state index contributed by atoms with van der Waals surface area (Å²) in [5.74, 6) is 1.38. The average Bonchev–Trinajstić information content (AvgIpc) is 2.98. The Kier molecular flexibility index (Phi) is 3.52.